The molecule has 7 rings (SSSR count). The van der Waals surface area contributed by atoms with Gasteiger partial charge < -0.3 is 25.5 Å². The number of ether oxygens (including phenoxy) is 1. The zero-order chi connectivity index (χ0) is 25.6. The van der Waals surface area contributed by atoms with E-state index in [9.17, 15) is 14.7 Å². The number of alkyl carbamates (subject to hydrolysis) is 1. The zero-order valence-corrected chi connectivity index (χ0v) is 21.9. The van der Waals surface area contributed by atoms with Gasteiger partial charge in [0, 0.05) is 23.5 Å². The summed E-state index contributed by atoms with van der Waals surface area (Å²) in [6.07, 6.45) is 11.6. The van der Waals surface area contributed by atoms with E-state index < -0.39 is 17.7 Å². The van der Waals surface area contributed by atoms with Gasteiger partial charge in [0.05, 0.1) is 12.1 Å². The van der Waals surface area contributed by atoms with Crippen LogP contribution in [-0.4, -0.2) is 45.9 Å². The fourth-order valence-corrected chi connectivity index (χ4v) is 8.07. The highest BCUT2D eigenvalue weighted by Gasteiger charge is 2.50. The van der Waals surface area contributed by atoms with Crippen LogP contribution >= 0.6 is 0 Å². The van der Waals surface area contributed by atoms with Crippen molar-refractivity contribution < 1.29 is 19.4 Å². The quantitative estimate of drug-likeness (QED) is 0.421. The van der Waals surface area contributed by atoms with Gasteiger partial charge in [-0.05, 0) is 87.2 Å². The van der Waals surface area contributed by atoms with Crippen LogP contribution in [0.4, 0.5) is 4.79 Å². The molecule has 2 amide bonds. The number of carbonyl (C=O) groups excluding carboxylic acids is 2. The standard InChI is InChI=1S/C30H41N3O4/c1-30(16-22-17-31-24-8-6-5-7-23(22)24,28(35)32-25-9-3-2-4-10-26(25)34)33-29(36)37-27-20-12-18-11-19(14-20)15-21(27)13-18/h5-8,17-21,25-27,31,34H,2-4,9-16H2,1H3,(H,32,35)(H,33,36)/t18?,19?,20?,21?,25-,26-,27?,30-/m1/s1. The molecule has 0 saturated heterocycles. The van der Waals surface area contributed by atoms with Crippen molar-refractivity contribution in [3.63, 3.8) is 0 Å². The third-order valence-corrected chi connectivity index (χ3v) is 9.78. The van der Waals surface area contributed by atoms with Crippen LogP contribution in [0.5, 0.6) is 0 Å². The van der Waals surface area contributed by atoms with Gasteiger partial charge in [0.2, 0.25) is 5.91 Å². The van der Waals surface area contributed by atoms with Gasteiger partial charge in [-0.2, -0.15) is 0 Å². The Morgan fingerprint density at radius 1 is 1.03 bits per heavy atom. The second-order valence-corrected chi connectivity index (χ2v) is 12.6. The molecule has 200 valence electrons. The summed E-state index contributed by atoms with van der Waals surface area (Å²) in [5, 5.41) is 17.8. The van der Waals surface area contributed by atoms with E-state index in [-0.39, 0.29) is 18.1 Å². The molecule has 0 spiro atoms. The predicted octanol–water partition coefficient (Wildman–Crippen LogP) is 4.83. The Labute approximate surface area is 219 Å². The molecule has 1 aromatic carbocycles. The smallest absolute Gasteiger partial charge is 0.408 e. The summed E-state index contributed by atoms with van der Waals surface area (Å²) < 4.78 is 6.12. The SMILES string of the molecule is C[C@](Cc1c[nH]c2ccccc12)(NC(=O)OC1C2CC3CC(C2)CC1C3)C(=O)N[C@@H]1CCCCC[C@H]1O. The number of amides is 2. The fraction of sp³-hybridized carbons (Fsp3) is 0.667. The summed E-state index contributed by atoms with van der Waals surface area (Å²) in [4.78, 5) is 30.5. The molecule has 5 aliphatic carbocycles. The van der Waals surface area contributed by atoms with Crippen molar-refractivity contribution in [2.24, 2.45) is 23.7 Å². The monoisotopic (exact) mass is 507 g/mol. The molecule has 0 aliphatic heterocycles. The molecule has 5 saturated carbocycles. The molecule has 0 unspecified atom stereocenters. The number of carbonyl (C=O) groups is 2. The summed E-state index contributed by atoms with van der Waals surface area (Å²) in [6.45, 7) is 1.78. The lowest BCUT2D eigenvalue weighted by molar-refractivity contribution is -0.129. The molecule has 37 heavy (non-hydrogen) atoms. The van der Waals surface area contributed by atoms with Gasteiger partial charge >= 0.3 is 6.09 Å². The van der Waals surface area contributed by atoms with Crippen LogP contribution in [0.2, 0.25) is 0 Å². The first-order valence-corrected chi connectivity index (χ1v) is 14.4. The van der Waals surface area contributed by atoms with Crippen molar-refractivity contribution in [1.82, 2.24) is 15.6 Å². The van der Waals surface area contributed by atoms with E-state index in [1.165, 1.54) is 6.42 Å². The average Bonchev–Trinajstić information content (AvgIpc) is 3.15. The maximum Gasteiger partial charge on any atom is 0.408 e. The van der Waals surface area contributed by atoms with Crippen LogP contribution in [0, 0.1) is 23.7 Å². The minimum atomic E-state index is -1.22. The van der Waals surface area contributed by atoms with Crippen LogP contribution in [0.3, 0.4) is 0 Å². The number of aromatic nitrogens is 1. The van der Waals surface area contributed by atoms with Crippen LogP contribution in [0.15, 0.2) is 30.5 Å². The van der Waals surface area contributed by atoms with E-state index in [0.29, 0.717) is 24.7 Å². The van der Waals surface area contributed by atoms with Gasteiger partial charge in [-0.25, -0.2) is 4.79 Å². The molecular formula is C30H41N3O4. The molecule has 3 atom stereocenters. The third-order valence-electron chi connectivity index (χ3n) is 9.78. The van der Waals surface area contributed by atoms with E-state index >= 15 is 0 Å². The number of fused-ring (bicyclic) bond motifs is 1. The number of para-hydroxylation sites is 1. The lowest BCUT2D eigenvalue weighted by atomic mass is 9.55. The average molecular weight is 508 g/mol. The minimum Gasteiger partial charge on any atom is -0.446 e. The first kappa shape index (κ1) is 24.8. The van der Waals surface area contributed by atoms with Crippen LogP contribution in [-0.2, 0) is 16.0 Å². The van der Waals surface area contributed by atoms with Crippen molar-refractivity contribution in [3.8, 4) is 0 Å². The van der Waals surface area contributed by atoms with Crippen molar-refractivity contribution in [1.29, 1.82) is 0 Å². The van der Waals surface area contributed by atoms with E-state index in [0.717, 1.165) is 79.7 Å². The maximum atomic E-state index is 13.8. The highest BCUT2D eigenvalue weighted by Crippen LogP contribution is 2.54. The largest absolute Gasteiger partial charge is 0.446 e. The predicted molar refractivity (Wildman–Crippen MR) is 142 cm³/mol. The van der Waals surface area contributed by atoms with Crippen molar-refractivity contribution >= 4 is 22.9 Å². The topological polar surface area (TPSA) is 103 Å². The van der Waals surface area contributed by atoms with Gasteiger partial charge in [0.25, 0.3) is 0 Å². The minimum absolute atomic E-state index is 0.0446. The molecule has 4 bridgehead atoms. The summed E-state index contributed by atoms with van der Waals surface area (Å²) in [5.74, 6) is 2.24. The molecule has 7 heteroatoms. The molecule has 1 aromatic heterocycles. The number of hydrogen-bond donors (Lipinski definition) is 4. The Morgan fingerprint density at radius 3 is 2.49 bits per heavy atom. The van der Waals surface area contributed by atoms with E-state index in [2.05, 4.69) is 15.6 Å². The number of nitrogens with one attached hydrogen (secondary N) is 3. The van der Waals surface area contributed by atoms with Crippen LogP contribution in [0.25, 0.3) is 10.9 Å². The maximum absolute atomic E-state index is 13.8. The summed E-state index contributed by atoms with van der Waals surface area (Å²) in [7, 11) is 0. The summed E-state index contributed by atoms with van der Waals surface area (Å²) in [5.41, 5.74) is 0.736. The van der Waals surface area contributed by atoms with Gasteiger partial charge in [-0.3, -0.25) is 4.79 Å². The normalized spacial score (nSPS) is 34.5. The Hall–Kier alpha value is -2.54. The molecule has 0 radical (unpaired) electrons. The zero-order valence-electron chi connectivity index (χ0n) is 21.9. The van der Waals surface area contributed by atoms with Gasteiger partial charge in [0.1, 0.15) is 11.6 Å². The first-order chi connectivity index (χ1) is 17.9. The number of aliphatic hydroxyl groups is 1. The Morgan fingerprint density at radius 2 is 1.73 bits per heavy atom. The number of rotatable bonds is 6. The Balaban J connectivity index is 1.21. The van der Waals surface area contributed by atoms with Gasteiger partial charge in [-0.15, -0.1) is 0 Å². The van der Waals surface area contributed by atoms with E-state index in [4.69, 9.17) is 4.74 Å². The fourth-order valence-electron chi connectivity index (χ4n) is 8.07. The highest BCUT2D eigenvalue weighted by atomic mass is 16.6. The third kappa shape index (κ3) is 4.99. The van der Waals surface area contributed by atoms with Crippen molar-refractivity contribution in [2.45, 2.75) is 101 Å². The van der Waals surface area contributed by atoms with E-state index in [1.54, 1.807) is 6.92 Å². The summed E-state index contributed by atoms with van der Waals surface area (Å²) in [6, 6.07) is 7.68. The first-order valence-electron chi connectivity index (χ1n) is 14.4. The number of aromatic amines is 1. The lowest BCUT2D eigenvalue weighted by Crippen LogP contribution is -2.62. The van der Waals surface area contributed by atoms with Crippen molar-refractivity contribution in [3.05, 3.63) is 36.0 Å². The second-order valence-electron chi connectivity index (χ2n) is 12.6. The van der Waals surface area contributed by atoms with Crippen LogP contribution < -0.4 is 10.6 Å². The molecule has 5 fully saturated rings. The molecule has 5 aliphatic rings. The number of aliphatic hydroxyl groups excluding tert-OH is 1. The molecule has 1 heterocycles. The van der Waals surface area contributed by atoms with Crippen molar-refractivity contribution in [2.75, 3.05) is 0 Å². The number of hydrogen-bond acceptors (Lipinski definition) is 4. The second kappa shape index (κ2) is 9.97. The van der Waals surface area contributed by atoms with Gasteiger partial charge in [-0.1, -0.05) is 37.5 Å². The van der Waals surface area contributed by atoms with E-state index in [1.807, 2.05) is 30.5 Å². The Kier molecular flexibility index (Phi) is 6.68. The Bertz CT molecular complexity index is 1120. The molecular weight excluding hydrogens is 466 g/mol. The highest BCUT2D eigenvalue weighted by molar-refractivity contribution is 5.91. The molecule has 2 aromatic rings. The number of H-pyrrole nitrogens is 1. The molecule has 4 N–H and O–H groups in total. The molecule has 7 nitrogen and oxygen atoms in total. The van der Waals surface area contributed by atoms with Gasteiger partial charge in [0.15, 0.2) is 0 Å². The lowest BCUT2D eigenvalue weighted by Gasteiger charge is -2.53. The summed E-state index contributed by atoms with van der Waals surface area (Å²) >= 11 is 0. The van der Waals surface area contributed by atoms with Crippen LogP contribution in [0.1, 0.15) is 76.7 Å². The number of benzene rings is 1.